The van der Waals surface area contributed by atoms with Crippen molar-refractivity contribution < 1.29 is 9.53 Å². The lowest BCUT2D eigenvalue weighted by Crippen LogP contribution is -2.16. The molecule has 0 aliphatic rings. The van der Waals surface area contributed by atoms with Gasteiger partial charge in [0.05, 0.1) is 29.2 Å². The Kier molecular flexibility index (Phi) is 6.92. The first kappa shape index (κ1) is 22.1. The van der Waals surface area contributed by atoms with E-state index in [1.54, 1.807) is 0 Å². The van der Waals surface area contributed by atoms with Crippen molar-refractivity contribution in [3.8, 4) is 16.9 Å². The van der Waals surface area contributed by atoms with E-state index in [9.17, 15) is 9.59 Å². The minimum absolute atomic E-state index is 0.134. The number of nitrogens with one attached hydrogen (secondary N) is 2. The summed E-state index contributed by atoms with van der Waals surface area (Å²) in [7, 11) is 0. The summed E-state index contributed by atoms with van der Waals surface area (Å²) >= 11 is 2.85. The predicted octanol–water partition coefficient (Wildman–Crippen LogP) is 5.23. The molecule has 0 radical (unpaired) electrons. The molecule has 0 aliphatic heterocycles. The molecule has 2 aromatic carbocycles. The molecule has 0 spiro atoms. The van der Waals surface area contributed by atoms with E-state index in [1.165, 1.54) is 23.1 Å². The standard InChI is InChI=1S/C24H23N3O3S2/c1-3-30-19-11-15(2)9-10-18(19)25-21(28)14-31-13-20-26-23(29)22-17(12-32-24(22)27-20)16-7-5-4-6-8-16/h4-12H,3,13-14H2,1-2H3,(H,25,28)(H,26,27,29). The van der Waals surface area contributed by atoms with Crippen molar-refractivity contribution in [2.24, 2.45) is 0 Å². The number of rotatable bonds is 8. The van der Waals surface area contributed by atoms with Crippen LogP contribution in [0.1, 0.15) is 18.3 Å². The summed E-state index contributed by atoms with van der Waals surface area (Å²) in [5.74, 6) is 1.76. The quantitative estimate of drug-likeness (QED) is 0.372. The number of aromatic nitrogens is 2. The number of benzene rings is 2. The van der Waals surface area contributed by atoms with Crippen molar-refractivity contribution in [3.05, 3.63) is 75.7 Å². The van der Waals surface area contributed by atoms with Gasteiger partial charge >= 0.3 is 0 Å². The van der Waals surface area contributed by atoms with Crippen molar-refractivity contribution in [2.45, 2.75) is 19.6 Å². The third-order valence-corrected chi connectivity index (χ3v) is 6.58. The molecule has 4 rings (SSSR count). The van der Waals surface area contributed by atoms with Crippen LogP contribution in [-0.2, 0) is 10.5 Å². The number of thiophene rings is 1. The Morgan fingerprint density at radius 1 is 1.22 bits per heavy atom. The van der Waals surface area contributed by atoms with Gasteiger partial charge in [-0.3, -0.25) is 9.59 Å². The van der Waals surface area contributed by atoms with Crippen LogP contribution < -0.4 is 15.6 Å². The second-order valence-corrected chi connectivity index (χ2v) is 9.03. The molecule has 2 N–H and O–H groups in total. The van der Waals surface area contributed by atoms with Gasteiger partial charge in [0.2, 0.25) is 5.91 Å². The Morgan fingerprint density at radius 2 is 2.03 bits per heavy atom. The number of carbonyl (C=O) groups excluding carboxylic acids is 1. The molecule has 4 aromatic rings. The average molecular weight is 466 g/mol. The lowest BCUT2D eigenvalue weighted by atomic mass is 10.1. The summed E-state index contributed by atoms with van der Waals surface area (Å²) in [6.45, 7) is 4.41. The summed E-state index contributed by atoms with van der Waals surface area (Å²) in [6, 6.07) is 15.5. The summed E-state index contributed by atoms with van der Waals surface area (Å²) in [4.78, 5) is 33.3. The van der Waals surface area contributed by atoms with Gasteiger partial charge in [-0.25, -0.2) is 4.98 Å². The smallest absolute Gasteiger partial charge is 0.260 e. The Balaban J connectivity index is 1.41. The predicted molar refractivity (Wildman–Crippen MR) is 133 cm³/mol. The molecule has 0 unspecified atom stereocenters. The molecule has 1 amide bonds. The zero-order valence-corrected chi connectivity index (χ0v) is 19.4. The lowest BCUT2D eigenvalue weighted by Gasteiger charge is -2.12. The Labute approximate surface area is 194 Å². The number of carbonyl (C=O) groups is 1. The van der Waals surface area contributed by atoms with E-state index in [0.717, 1.165) is 16.7 Å². The van der Waals surface area contributed by atoms with Crippen molar-refractivity contribution in [2.75, 3.05) is 17.7 Å². The van der Waals surface area contributed by atoms with Gasteiger partial charge in [0.15, 0.2) is 0 Å². The van der Waals surface area contributed by atoms with Crippen LogP contribution in [0.3, 0.4) is 0 Å². The van der Waals surface area contributed by atoms with Crippen LogP contribution in [0.5, 0.6) is 5.75 Å². The largest absolute Gasteiger partial charge is 0.492 e. The van der Waals surface area contributed by atoms with Crippen LogP contribution in [0.15, 0.2) is 58.7 Å². The van der Waals surface area contributed by atoms with Crippen LogP contribution >= 0.6 is 23.1 Å². The zero-order valence-electron chi connectivity index (χ0n) is 17.8. The van der Waals surface area contributed by atoms with Gasteiger partial charge in [0, 0.05) is 10.9 Å². The number of aromatic amines is 1. The first-order valence-corrected chi connectivity index (χ1v) is 12.3. The highest BCUT2D eigenvalue weighted by molar-refractivity contribution is 7.99. The molecule has 2 aromatic heterocycles. The fourth-order valence-corrected chi connectivity index (χ4v) is 4.98. The van der Waals surface area contributed by atoms with E-state index in [0.29, 0.717) is 39.8 Å². The second-order valence-electron chi connectivity index (χ2n) is 7.18. The molecule has 164 valence electrons. The highest BCUT2D eigenvalue weighted by Gasteiger charge is 2.14. The summed E-state index contributed by atoms with van der Waals surface area (Å²) < 4.78 is 5.61. The number of fused-ring (bicyclic) bond motifs is 1. The number of H-pyrrole nitrogens is 1. The van der Waals surface area contributed by atoms with Gasteiger partial charge in [0.1, 0.15) is 16.4 Å². The maximum Gasteiger partial charge on any atom is 0.260 e. The van der Waals surface area contributed by atoms with Crippen molar-refractivity contribution in [1.82, 2.24) is 9.97 Å². The number of ether oxygens (including phenoxy) is 1. The molecular formula is C24H23N3O3S2. The summed E-state index contributed by atoms with van der Waals surface area (Å²) in [6.07, 6.45) is 0. The van der Waals surface area contributed by atoms with Crippen LogP contribution in [0.25, 0.3) is 21.3 Å². The van der Waals surface area contributed by atoms with Crippen molar-refractivity contribution >= 4 is 44.9 Å². The topological polar surface area (TPSA) is 84.1 Å². The molecule has 2 heterocycles. The van der Waals surface area contributed by atoms with Crippen LogP contribution in [0.2, 0.25) is 0 Å². The Bertz CT molecular complexity index is 1300. The zero-order chi connectivity index (χ0) is 22.5. The number of nitrogens with zero attached hydrogens (tertiary/aromatic N) is 1. The Morgan fingerprint density at radius 3 is 2.81 bits per heavy atom. The number of thioether (sulfide) groups is 1. The van der Waals surface area contributed by atoms with E-state index in [2.05, 4.69) is 15.3 Å². The van der Waals surface area contributed by atoms with E-state index in [-0.39, 0.29) is 17.2 Å². The maximum absolute atomic E-state index is 12.7. The van der Waals surface area contributed by atoms with Crippen LogP contribution in [0.4, 0.5) is 5.69 Å². The Hall–Kier alpha value is -3.10. The second kappa shape index (κ2) is 10.0. The molecular weight excluding hydrogens is 442 g/mol. The van der Waals surface area contributed by atoms with Gasteiger partial charge in [-0.1, -0.05) is 36.4 Å². The van der Waals surface area contributed by atoms with Crippen LogP contribution in [-0.4, -0.2) is 28.2 Å². The monoisotopic (exact) mass is 465 g/mol. The van der Waals surface area contributed by atoms with Gasteiger partial charge in [-0.15, -0.1) is 23.1 Å². The molecule has 8 heteroatoms. The minimum atomic E-state index is -0.156. The lowest BCUT2D eigenvalue weighted by molar-refractivity contribution is -0.113. The van der Waals surface area contributed by atoms with E-state index in [1.807, 2.05) is 67.8 Å². The van der Waals surface area contributed by atoms with Gasteiger partial charge in [-0.2, -0.15) is 0 Å². The van der Waals surface area contributed by atoms with E-state index >= 15 is 0 Å². The average Bonchev–Trinajstić information content (AvgIpc) is 3.21. The summed E-state index contributed by atoms with van der Waals surface area (Å²) in [5.41, 5.74) is 3.45. The SMILES string of the molecule is CCOc1cc(C)ccc1NC(=O)CSCc1nc2scc(-c3ccccc3)c2c(=O)[nH]1. The fraction of sp³-hybridized carbons (Fsp3) is 0.208. The molecule has 0 saturated heterocycles. The van der Waals surface area contributed by atoms with E-state index in [4.69, 9.17) is 4.74 Å². The molecule has 6 nitrogen and oxygen atoms in total. The molecule has 0 saturated carbocycles. The van der Waals surface area contributed by atoms with Gasteiger partial charge in [0.25, 0.3) is 5.56 Å². The number of hydrogen-bond acceptors (Lipinski definition) is 6. The van der Waals surface area contributed by atoms with Crippen molar-refractivity contribution in [3.63, 3.8) is 0 Å². The van der Waals surface area contributed by atoms with Gasteiger partial charge < -0.3 is 15.0 Å². The third-order valence-electron chi connectivity index (χ3n) is 4.76. The third kappa shape index (κ3) is 5.03. The molecule has 0 bridgehead atoms. The van der Waals surface area contributed by atoms with E-state index < -0.39 is 0 Å². The number of hydrogen-bond donors (Lipinski definition) is 2. The minimum Gasteiger partial charge on any atom is -0.492 e. The normalized spacial score (nSPS) is 10.9. The first-order valence-electron chi connectivity index (χ1n) is 10.2. The molecule has 0 aliphatic carbocycles. The van der Waals surface area contributed by atoms with Crippen LogP contribution in [0, 0.1) is 6.92 Å². The highest BCUT2D eigenvalue weighted by Crippen LogP contribution is 2.31. The highest BCUT2D eigenvalue weighted by atomic mass is 32.2. The number of amides is 1. The number of anilines is 1. The fourth-order valence-electron chi connectivity index (χ4n) is 3.33. The summed E-state index contributed by atoms with van der Waals surface area (Å²) in [5, 5.41) is 5.47. The van der Waals surface area contributed by atoms with Gasteiger partial charge in [-0.05, 0) is 37.1 Å². The van der Waals surface area contributed by atoms with Crippen molar-refractivity contribution in [1.29, 1.82) is 0 Å². The molecule has 0 fully saturated rings. The first-order chi connectivity index (χ1) is 15.5. The maximum atomic E-state index is 12.7. The number of aryl methyl sites for hydroxylation is 1. The molecule has 0 atom stereocenters. The molecule has 32 heavy (non-hydrogen) atoms.